The quantitative estimate of drug-likeness (QED) is 0.693. The van der Waals surface area contributed by atoms with E-state index in [0.29, 0.717) is 17.6 Å². The molecule has 1 saturated heterocycles. The number of nitrogens with zero attached hydrogens (tertiary/aromatic N) is 4. The molecule has 5 N–H and O–H groups in total. The van der Waals surface area contributed by atoms with Gasteiger partial charge < -0.3 is 16.0 Å². The highest BCUT2D eigenvalue weighted by molar-refractivity contribution is 5.99. The number of anilines is 2. The van der Waals surface area contributed by atoms with Crippen LogP contribution in [0.3, 0.4) is 0 Å². The van der Waals surface area contributed by atoms with Crippen LogP contribution >= 0.6 is 0 Å². The molecule has 24 heavy (non-hydrogen) atoms. The van der Waals surface area contributed by atoms with Gasteiger partial charge in [-0.3, -0.25) is 5.41 Å². The van der Waals surface area contributed by atoms with Crippen molar-refractivity contribution in [1.82, 2.24) is 19.9 Å². The second-order valence-electron chi connectivity index (χ2n) is 6.35. The van der Waals surface area contributed by atoms with Crippen LogP contribution in [0.5, 0.6) is 0 Å². The summed E-state index contributed by atoms with van der Waals surface area (Å²) in [6.45, 7) is 4.00. The van der Waals surface area contributed by atoms with Crippen LogP contribution in [0, 0.1) is 0 Å². The Morgan fingerprint density at radius 2 is 2.04 bits per heavy atom. The molecule has 0 aromatic carbocycles. The molecule has 0 atom stereocenters. The van der Waals surface area contributed by atoms with Crippen molar-refractivity contribution < 1.29 is 5.41 Å². The van der Waals surface area contributed by atoms with E-state index >= 15 is 0 Å². The Kier molecular flexibility index (Phi) is 4.71. The third kappa shape index (κ3) is 3.51. The molecule has 1 aliphatic heterocycles. The zero-order chi connectivity index (χ0) is 17.1. The van der Waals surface area contributed by atoms with Crippen molar-refractivity contribution in [3.63, 3.8) is 0 Å². The van der Waals surface area contributed by atoms with E-state index in [1.807, 2.05) is 13.0 Å². The van der Waals surface area contributed by atoms with Crippen LogP contribution in [-0.2, 0) is 0 Å². The third-order valence-corrected chi connectivity index (χ3v) is 4.43. The zero-order valence-electron chi connectivity index (χ0n) is 14.2. The zero-order valence-corrected chi connectivity index (χ0v) is 14.2. The van der Waals surface area contributed by atoms with Crippen LogP contribution in [0.25, 0.3) is 11.1 Å². The normalized spacial score (nSPS) is 16.1. The number of likely N-dealkylation sites (tertiary alicyclic amines) is 1. The molecule has 2 aromatic rings. The molecule has 0 unspecified atom stereocenters. The number of nitrogens with two attached hydrogens (primary N) is 2. The fourth-order valence-electron chi connectivity index (χ4n) is 2.94. The smallest absolute Gasteiger partial charge is 0.180 e. The van der Waals surface area contributed by atoms with E-state index in [1.165, 1.54) is 0 Å². The van der Waals surface area contributed by atoms with Gasteiger partial charge >= 0.3 is 0 Å². The molecule has 0 amide bonds. The van der Waals surface area contributed by atoms with Gasteiger partial charge in [0.1, 0.15) is 18.0 Å². The summed E-state index contributed by atoms with van der Waals surface area (Å²) in [5, 5.41) is 9.46. The van der Waals surface area contributed by atoms with Gasteiger partial charge in [-0.05, 0) is 39.0 Å². The molecule has 7 nitrogen and oxygen atoms in total. The van der Waals surface area contributed by atoms with Gasteiger partial charge in [-0.2, -0.15) is 0 Å². The summed E-state index contributed by atoms with van der Waals surface area (Å²) in [4.78, 5) is 15.2. The number of hydrogen-bond donors (Lipinski definition) is 3. The topological polar surface area (TPSA) is 106 Å². The largest absolute Gasteiger partial charge is 0.383 e. The van der Waals surface area contributed by atoms with E-state index < -0.39 is 0 Å². The van der Waals surface area contributed by atoms with Crippen molar-refractivity contribution >= 4 is 17.3 Å². The van der Waals surface area contributed by atoms with Gasteiger partial charge in [-0.1, -0.05) is 0 Å². The van der Waals surface area contributed by atoms with Gasteiger partial charge in [-0.25, -0.2) is 15.0 Å². The molecule has 1 aliphatic rings. The highest BCUT2D eigenvalue weighted by atomic mass is 15.1. The van der Waals surface area contributed by atoms with Crippen molar-refractivity contribution in [3.05, 3.63) is 30.4 Å². The fourth-order valence-corrected chi connectivity index (χ4v) is 2.94. The molecule has 0 bridgehead atoms. The van der Waals surface area contributed by atoms with Crippen LogP contribution in [0.4, 0.5) is 11.6 Å². The van der Waals surface area contributed by atoms with E-state index in [9.17, 15) is 0 Å². The Balaban J connectivity index is 1.89. The molecule has 126 valence electrons. The predicted octanol–water partition coefficient (Wildman–Crippen LogP) is 0.195. The Hall–Kier alpha value is -2.54. The van der Waals surface area contributed by atoms with Crippen molar-refractivity contribution in [3.8, 4) is 11.1 Å². The minimum Gasteiger partial charge on any atom is -0.383 e. The summed E-state index contributed by atoms with van der Waals surface area (Å²) in [7, 11) is 2.15. The molecule has 7 heteroatoms. The first-order valence-electron chi connectivity index (χ1n) is 8.15. The Morgan fingerprint density at radius 3 is 2.75 bits per heavy atom. The van der Waals surface area contributed by atoms with Crippen LogP contribution in [0.15, 0.2) is 24.8 Å². The second kappa shape index (κ2) is 6.92. The molecule has 0 aliphatic carbocycles. The average molecular weight is 326 g/mol. The Labute approximate surface area is 141 Å². The van der Waals surface area contributed by atoms with E-state index in [4.69, 9.17) is 11.1 Å². The van der Waals surface area contributed by atoms with Crippen LogP contribution in [0.1, 0.15) is 25.3 Å². The maximum Gasteiger partial charge on any atom is 0.180 e. The number of pyridine rings is 1. The van der Waals surface area contributed by atoms with E-state index in [0.717, 1.165) is 48.4 Å². The minimum absolute atomic E-state index is 0.416. The van der Waals surface area contributed by atoms with Crippen molar-refractivity contribution in [2.24, 2.45) is 0 Å². The molecule has 1 fully saturated rings. The first-order valence-corrected chi connectivity index (χ1v) is 8.15. The molecular weight excluding hydrogens is 302 g/mol. The molecule has 0 spiro atoms. The monoisotopic (exact) mass is 326 g/mol. The number of nitrogens with one attached hydrogen (secondary N) is 1. The van der Waals surface area contributed by atoms with Gasteiger partial charge in [0.2, 0.25) is 0 Å². The number of aromatic nitrogens is 3. The maximum atomic E-state index is 5.91. The van der Waals surface area contributed by atoms with E-state index in [2.05, 4.69) is 32.2 Å². The summed E-state index contributed by atoms with van der Waals surface area (Å²) >= 11 is 0. The molecule has 2 aromatic heterocycles. The average Bonchev–Trinajstić information content (AvgIpc) is 2.58. The number of rotatable bonds is 4. The predicted molar refractivity (Wildman–Crippen MR) is 95.5 cm³/mol. The molecule has 3 heterocycles. The first-order chi connectivity index (χ1) is 11.5. The lowest BCUT2D eigenvalue weighted by atomic mass is 10.0. The highest BCUT2D eigenvalue weighted by Crippen LogP contribution is 2.28. The van der Waals surface area contributed by atoms with Crippen LogP contribution in [0.2, 0.25) is 0 Å². The second-order valence-corrected chi connectivity index (χ2v) is 6.35. The summed E-state index contributed by atoms with van der Waals surface area (Å²) in [6.07, 6.45) is 7.29. The lowest BCUT2D eigenvalue weighted by molar-refractivity contribution is -0.113. The van der Waals surface area contributed by atoms with Gasteiger partial charge in [0.05, 0.1) is 5.56 Å². The van der Waals surface area contributed by atoms with Crippen LogP contribution < -0.4 is 16.5 Å². The molecular formula is C17H24N7+. The van der Waals surface area contributed by atoms with Crippen molar-refractivity contribution in [2.75, 3.05) is 31.2 Å². The summed E-state index contributed by atoms with van der Waals surface area (Å²) < 4.78 is 0. The fraction of sp³-hybridized carbons (Fsp3) is 0.412. The highest BCUT2D eigenvalue weighted by Gasteiger charge is 2.19. The van der Waals surface area contributed by atoms with Crippen molar-refractivity contribution in [2.45, 2.75) is 25.8 Å². The standard InChI is InChI=1S/C17H23N7/c1-11(18)14-7-12(8-21-16(14)19)15-9-20-10-22-17(15)23-13-3-5-24(2)6-4-13/h7-10,13,18H,3-6H2,1-2H3,(H2,19,21)(H,20,22,23)/p+1. The molecule has 0 radical (unpaired) electrons. The summed E-state index contributed by atoms with van der Waals surface area (Å²) in [5.41, 5.74) is 9.11. The maximum absolute atomic E-state index is 5.91. The third-order valence-electron chi connectivity index (χ3n) is 4.43. The summed E-state index contributed by atoms with van der Waals surface area (Å²) in [5.74, 6) is 1.26. The minimum atomic E-state index is 0.416. The van der Waals surface area contributed by atoms with E-state index in [1.54, 1.807) is 18.7 Å². The van der Waals surface area contributed by atoms with Gasteiger partial charge in [0, 0.05) is 36.5 Å². The van der Waals surface area contributed by atoms with E-state index in [-0.39, 0.29) is 0 Å². The lowest BCUT2D eigenvalue weighted by Gasteiger charge is -2.30. The molecule has 3 rings (SSSR count). The SMILES string of the molecule is CC(=[NH2+])c1cc(-c2cncnc2NC2CCN(C)CC2)cnc1N. The Bertz CT molecular complexity index is 735. The number of piperidine rings is 1. The molecule has 0 saturated carbocycles. The van der Waals surface area contributed by atoms with Crippen molar-refractivity contribution in [1.29, 1.82) is 0 Å². The number of nitrogen functional groups attached to an aromatic ring is 1. The summed E-state index contributed by atoms with van der Waals surface area (Å²) in [6, 6.07) is 2.36. The van der Waals surface area contributed by atoms with Crippen LogP contribution in [-0.4, -0.2) is 51.7 Å². The lowest BCUT2D eigenvalue weighted by Crippen LogP contribution is -2.38. The van der Waals surface area contributed by atoms with Gasteiger partial charge in [0.15, 0.2) is 5.71 Å². The van der Waals surface area contributed by atoms with Gasteiger partial charge in [0.25, 0.3) is 0 Å². The first kappa shape index (κ1) is 16.3. The number of hydrogen-bond acceptors (Lipinski definition) is 6. The van der Waals surface area contributed by atoms with Gasteiger partial charge in [-0.15, -0.1) is 0 Å². The Morgan fingerprint density at radius 1 is 1.29 bits per heavy atom.